The second-order valence-electron chi connectivity index (χ2n) is 7.68. The lowest BCUT2D eigenvalue weighted by Gasteiger charge is -2.35. The Bertz CT molecular complexity index is 601. The first-order valence-electron chi connectivity index (χ1n) is 8.14. The van der Waals surface area contributed by atoms with Gasteiger partial charge in [-0.25, -0.2) is 4.79 Å². The van der Waals surface area contributed by atoms with Crippen LogP contribution in [0.1, 0.15) is 57.7 Å². The van der Waals surface area contributed by atoms with Gasteiger partial charge in [-0.3, -0.25) is 9.48 Å². The van der Waals surface area contributed by atoms with E-state index < -0.39 is 17.2 Å². The van der Waals surface area contributed by atoms with Gasteiger partial charge in [0.25, 0.3) is 5.91 Å². The maximum absolute atomic E-state index is 12.6. The van der Waals surface area contributed by atoms with Crippen LogP contribution in [0.2, 0.25) is 0 Å². The predicted molar refractivity (Wildman–Crippen MR) is 92.9 cm³/mol. The molecule has 1 aromatic heterocycles. The van der Waals surface area contributed by atoms with Crippen LogP contribution in [-0.2, 0) is 11.8 Å². The van der Waals surface area contributed by atoms with E-state index in [0.29, 0.717) is 5.69 Å². The third kappa shape index (κ3) is 5.54. The van der Waals surface area contributed by atoms with Crippen LogP contribution in [-0.4, -0.2) is 39.5 Å². The molecule has 0 radical (unpaired) electrons. The van der Waals surface area contributed by atoms with E-state index >= 15 is 0 Å². The molecule has 1 atom stereocenters. The summed E-state index contributed by atoms with van der Waals surface area (Å²) in [6.07, 6.45) is -0.500. The molecule has 7 nitrogen and oxygen atoms in total. The second kappa shape index (κ2) is 7.23. The van der Waals surface area contributed by atoms with Crippen molar-refractivity contribution in [2.45, 2.75) is 59.6 Å². The van der Waals surface area contributed by atoms with Crippen molar-refractivity contribution in [3.05, 3.63) is 17.5 Å². The molecule has 0 spiro atoms. The lowest BCUT2D eigenvalue weighted by atomic mass is 9.88. The molecule has 0 bridgehead atoms. The highest BCUT2D eigenvalue weighted by Crippen LogP contribution is 2.17. The topological polar surface area (TPSA) is 85.3 Å². The Morgan fingerprint density at radius 1 is 1.29 bits per heavy atom. The smallest absolute Gasteiger partial charge is 0.407 e. The van der Waals surface area contributed by atoms with E-state index in [-0.39, 0.29) is 18.4 Å². The van der Waals surface area contributed by atoms with Crippen LogP contribution in [0.15, 0.2) is 6.07 Å². The fourth-order valence-corrected chi connectivity index (χ4v) is 2.11. The van der Waals surface area contributed by atoms with Gasteiger partial charge in [-0.1, -0.05) is 13.8 Å². The Kier molecular flexibility index (Phi) is 6.03. The standard InChI is InChI=1S/C17H30N4O3/c1-11(2)17(7,10-18-15(23)24-16(4,5)6)19-14(22)13-9-12(3)20-21(13)8/h9,11H,10H2,1-8H3,(H,18,23)(H,19,22)/t17-/m1/s1. The number of rotatable bonds is 5. The van der Waals surface area contributed by atoms with Gasteiger partial charge < -0.3 is 15.4 Å². The van der Waals surface area contributed by atoms with Crippen molar-refractivity contribution in [3.63, 3.8) is 0 Å². The summed E-state index contributed by atoms with van der Waals surface area (Å²) in [6, 6.07) is 1.73. The molecule has 0 fully saturated rings. The number of hydrogen-bond donors (Lipinski definition) is 2. The molecule has 0 saturated heterocycles. The van der Waals surface area contributed by atoms with Crippen molar-refractivity contribution in [3.8, 4) is 0 Å². The largest absolute Gasteiger partial charge is 0.444 e. The Labute approximate surface area is 144 Å². The van der Waals surface area contributed by atoms with Gasteiger partial charge in [-0.05, 0) is 46.6 Å². The normalized spacial score (nSPS) is 14.2. The molecule has 0 aliphatic rings. The Balaban J connectivity index is 2.79. The number of ether oxygens (including phenoxy) is 1. The summed E-state index contributed by atoms with van der Waals surface area (Å²) < 4.78 is 6.80. The van der Waals surface area contributed by atoms with Crippen LogP contribution in [0.3, 0.4) is 0 Å². The maximum atomic E-state index is 12.6. The van der Waals surface area contributed by atoms with Crippen molar-refractivity contribution in [1.82, 2.24) is 20.4 Å². The first-order chi connectivity index (χ1) is 10.8. The van der Waals surface area contributed by atoms with Gasteiger partial charge in [0.05, 0.1) is 11.2 Å². The fourth-order valence-electron chi connectivity index (χ4n) is 2.11. The Hall–Kier alpha value is -2.05. The molecule has 136 valence electrons. The number of carbonyl (C=O) groups excluding carboxylic acids is 2. The Morgan fingerprint density at radius 3 is 2.29 bits per heavy atom. The summed E-state index contributed by atoms with van der Waals surface area (Å²) in [6.45, 7) is 13.4. The van der Waals surface area contributed by atoms with Crippen LogP contribution in [0.25, 0.3) is 0 Å². The number of aryl methyl sites for hydroxylation is 2. The first kappa shape index (κ1) is 20.0. The zero-order valence-corrected chi connectivity index (χ0v) is 16.0. The van der Waals surface area contributed by atoms with Crippen LogP contribution < -0.4 is 10.6 Å². The zero-order valence-electron chi connectivity index (χ0n) is 16.0. The minimum Gasteiger partial charge on any atom is -0.444 e. The van der Waals surface area contributed by atoms with Crippen molar-refractivity contribution >= 4 is 12.0 Å². The van der Waals surface area contributed by atoms with E-state index in [1.165, 1.54) is 0 Å². The van der Waals surface area contributed by atoms with E-state index in [2.05, 4.69) is 15.7 Å². The van der Waals surface area contributed by atoms with Gasteiger partial charge in [0.2, 0.25) is 0 Å². The number of carbonyl (C=O) groups is 2. The minimum absolute atomic E-state index is 0.103. The van der Waals surface area contributed by atoms with Gasteiger partial charge in [0.15, 0.2) is 0 Å². The van der Waals surface area contributed by atoms with E-state index in [1.807, 2.05) is 27.7 Å². The van der Waals surface area contributed by atoms with E-state index in [4.69, 9.17) is 4.74 Å². The SMILES string of the molecule is Cc1cc(C(=O)N[C@](C)(CNC(=O)OC(C)(C)C)C(C)C)n(C)n1. The summed E-state index contributed by atoms with van der Waals surface area (Å²) in [5.41, 5.74) is 0.0809. The summed E-state index contributed by atoms with van der Waals surface area (Å²) in [4.78, 5) is 24.4. The average Bonchev–Trinajstić information content (AvgIpc) is 2.73. The highest BCUT2D eigenvalue weighted by atomic mass is 16.6. The van der Waals surface area contributed by atoms with Crippen LogP contribution in [0.5, 0.6) is 0 Å². The summed E-state index contributed by atoms with van der Waals surface area (Å²) in [5.74, 6) is -0.119. The van der Waals surface area contributed by atoms with E-state index in [9.17, 15) is 9.59 Å². The van der Waals surface area contributed by atoms with Gasteiger partial charge in [0, 0.05) is 13.6 Å². The summed E-state index contributed by atoms with van der Waals surface area (Å²) in [5, 5.41) is 9.94. The van der Waals surface area contributed by atoms with Gasteiger partial charge in [0.1, 0.15) is 11.3 Å². The fraction of sp³-hybridized carbons (Fsp3) is 0.706. The van der Waals surface area contributed by atoms with Crippen LogP contribution >= 0.6 is 0 Å². The average molecular weight is 338 g/mol. The molecule has 1 rings (SSSR count). The van der Waals surface area contributed by atoms with E-state index in [0.717, 1.165) is 5.69 Å². The van der Waals surface area contributed by atoms with Gasteiger partial charge in [-0.15, -0.1) is 0 Å². The first-order valence-corrected chi connectivity index (χ1v) is 8.14. The predicted octanol–water partition coefficient (Wildman–Crippen LogP) is 2.40. The van der Waals surface area contributed by atoms with Crippen LogP contribution in [0.4, 0.5) is 4.79 Å². The molecule has 0 aromatic carbocycles. The minimum atomic E-state index is -0.619. The molecule has 0 aliphatic heterocycles. The third-order valence-electron chi connectivity index (χ3n) is 3.91. The lowest BCUT2D eigenvalue weighted by Crippen LogP contribution is -2.57. The van der Waals surface area contributed by atoms with Gasteiger partial charge in [-0.2, -0.15) is 5.10 Å². The van der Waals surface area contributed by atoms with Crippen molar-refractivity contribution in [2.75, 3.05) is 6.54 Å². The van der Waals surface area contributed by atoms with Crippen molar-refractivity contribution in [2.24, 2.45) is 13.0 Å². The summed E-state index contributed by atoms with van der Waals surface area (Å²) in [7, 11) is 1.73. The molecule has 1 heterocycles. The molecule has 0 saturated carbocycles. The molecule has 0 aliphatic carbocycles. The van der Waals surface area contributed by atoms with Crippen LogP contribution in [0, 0.1) is 12.8 Å². The van der Waals surface area contributed by atoms with Crippen molar-refractivity contribution < 1.29 is 14.3 Å². The number of hydrogen-bond acceptors (Lipinski definition) is 4. The van der Waals surface area contributed by atoms with Gasteiger partial charge >= 0.3 is 6.09 Å². The lowest BCUT2D eigenvalue weighted by molar-refractivity contribution is 0.0496. The van der Waals surface area contributed by atoms with E-state index in [1.54, 1.807) is 38.6 Å². The zero-order chi connectivity index (χ0) is 18.7. The molecule has 1 aromatic rings. The highest BCUT2D eigenvalue weighted by Gasteiger charge is 2.32. The highest BCUT2D eigenvalue weighted by molar-refractivity contribution is 5.93. The number of aromatic nitrogens is 2. The Morgan fingerprint density at radius 2 is 1.88 bits per heavy atom. The molecular formula is C17H30N4O3. The second-order valence-corrected chi connectivity index (χ2v) is 7.68. The quantitative estimate of drug-likeness (QED) is 0.863. The number of alkyl carbamates (subject to hydrolysis) is 1. The molecule has 2 amide bonds. The molecular weight excluding hydrogens is 308 g/mol. The molecule has 24 heavy (non-hydrogen) atoms. The number of nitrogens with one attached hydrogen (secondary N) is 2. The molecule has 0 unspecified atom stereocenters. The maximum Gasteiger partial charge on any atom is 0.407 e. The summed E-state index contributed by atoms with van der Waals surface area (Å²) >= 11 is 0. The molecule has 7 heteroatoms. The van der Waals surface area contributed by atoms with Crippen molar-refractivity contribution in [1.29, 1.82) is 0 Å². The number of amides is 2. The third-order valence-corrected chi connectivity index (χ3v) is 3.91. The molecule has 2 N–H and O–H groups in total. The monoisotopic (exact) mass is 338 g/mol. The number of nitrogens with zero attached hydrogens (tertiary/aromatic N) is 2.